The predicted molar refractivity (Wildman–Crippen MR) is 106 cm³/mol. The maximum Gasteiger partial charge on any atom is 0.187 e. The molecule has 0 aromatic rings. The van der Waals surface area contributed by atoms with E-state index in [-0.39, 0.29) is 24.5 Å². The Hall–Kier alpha value is -0.690. The van der Waals surface area contributed by atoms with Gasteiger partial charge in [0.05, 0.1) is 24.4 Å². The summed E-state index contributed by atoms with van der Waals surface area (Å²) in [5, 5.41) is 71.5. The molecule has 0 aromatic carbocycles. The number of carbonyl (C=O) groups excluding carboxylic acids is 1. The highest BCUT2D eigenvalue weighted by Crippen LogP contribution is 2.52. The van der Waals surface area contributed by atoms with Crippen LogP contribution in [0.25, 0.3) is 0 Å². The van der Waals surface area contributed by atoms with Crippen LogP contribution in [0.5, 0.6) is 0 Å². The zero-order valence-electron chi connectivity index (χ0n) is 18.2. The van der Waals surface area contributed by atoms with E-state index in [1.54, 1.807) is 13.8 Å². The molecule has 1 heterocycles. The third-order valence-corrected chi connectivity index (χ3v) is 7.86. The molecule has 3 rings (SSSR count). The number of Topliss-reactive ketones (excluding diaryl/α,β-unsaturated/α-hetero) is 1. The minimum Gasteiger partial charge on any atom is -0.394 e. The molecule has 1 aliphatic heterocycles. The van der Waals surface area contributed by atoms with Crippen LogP contribution >= 0.6 is 0 Å². The Morgan fingerprint density at radius 3 is 2.32 bits per heavy atom. The summed E-state index contributed by atoms with van der Waals surface area (Å²) >= 11 is 0. The summed E-state index contributed by atoms with van der Waals surface area (Å²) in [7, 11) is 0. The summed E-state index contributed by atoms with van der Waals surface area (Å²) < 4.78 is 11.5. The molecule has 0 bridgehead atoms. The molecule has 2 aliphatic carbocycles. The van der Waals surface area contributed by atoms with Crippen molar-refractivity contribution in [1.82, 2.24) is 0 Å². The minimum absolute atomic E-state index is 0.0184. The van der Waals surface area contributed by atoms with Crippen LogP contribution in [0.4, 0.5) is 0 Å². The van der Waals surface area contributed by atoms with E-state index >= 15 is 0 Å². The Balaban J connectivity index is 1.83. The molecular weight excluding hydrogens is 412 g/mol. The van der Waals surface area contributed by atoms with Crippen molar-refractivity contribution in [1.29, 1.82) is 0 Å². The number of ketones is 1. The third-order valence-electron chi connectivity index (χ3n) is 7.86. The molecule has 0 spiro atoms. The third kappa shape index (κ3) is 4.30. The van der Waals surface area contributed by atoms with Crippen LogP contribution in [0, 0.1) is 17.8 Å². The van der Waals surface area contributed by atoms with Crippen LogP contribution in [-0.2, 0) is 14.3 Å². The largest absolute Gasteiger partial charge is 0.394 e. The normalized spacial score (nSPS) is 49.0. The standard InChI is InChI=1S/C21H36O10/c1-19(2,31-18-17(27)16(26)15(25)13(8-22)30-18)10-4-5-21(29,9-23)12-7-14(24)20(3,28)11(12)6-10/h10-13,15-18,22-23,25-29H,4-9H2,1-3H3/t10-,11+,12+,13-,15-,16+,17-,18+,20-,21+/m1/s1. The van der Waals surface area contributed by atoms with Crippen molar-refractivity contribution in [2.75, 3.05) is 13.2 Å². The number of aliphatic hydroxyl groups excluding tert-OH is 5. The van der Waals surface area contributed by atoms with Gasteiger partial charge < -0.3 is 45.2 Å². The smallest absolute Gasteiger partial charge is 0.187 e. The first-order valence-electron chi connectivity index (χ1n) is 10.9. The number of aliphatic hydroxyl groups is 7. The van der Waals surface area contributed by atoms with Crippen LogP contribution < -0.4 is 0 Å². The SMILES string of the molecule is CC(C)(O[C@@H]1O[C@H](CO)[C@@H](O)[C@H](O)[C@H]1O)[C@@H]1CC[C@](O)(CO)[C@H]2CC(=O)[C@](C)(O)[C@H]2C1. The van der Waals surface area contributed by atoms with Crippen LogP contribution in [-0.4, -0.2) is 102 Å². The second-order valence-corrected chi connectivity index (χ2v) is 10.1. The van der Waals surface area contributed by atoms with E-state index in [0.29, 0.717) is 12.8 Å². The van der Waals surface area contributed by atoms with Gasteiger partial charge in [-0.25, -0.2) is 0 Å². The molecular formula is C21H36O10. The van der Waals surface area contributed by atoms with Gasteiger partial charge in [-0.05, 0) is 46.0 Å². The van der Waals surface area contributed by atoms with Gasteiger partial charge in [0.15, 0.2) is 12.1 Å². The fraction of sp³-hybridized carbons (Fsp3) is 0.952. The van der Waals surface area contributed by atoms with E-state index in [9.17, 15) is 40.5 Å². The Morgan fingerprint density at radius 2 is 1.74 bits per heavy atom. The van der Waals surface area contributed by atoms with Gasteiger partial charge in [0, 0.05) is 18.3 Å². The minimum atomic E-state index is -1.64. The summed E-state index contributed by atoms with van der Waals surface area (Å²) in [5.74, 6) is -1.86. The van der Waals surface area contributed by atoms with Gasteiger partial charge in [0.25, 0.3) is 0 Å². The van der Waals surface area contributed by atoms with Crippen LogP contribution in [0.3, 0.4) is 0 Å². The van der Waals surface area contributed by atoms with E-state index in [0.717, 1.165) is 0 Å². The van der Waals surface area contributed by atoms with Crippen molar-refractivity contribution >= 4 is 5.78 Å². The lowest BCUT2D eigenvalue weighted by atomic mass is 9.74. The number of carbonyl (C=O) groups is 1. The molecule has 10 heteroatoms. The Morgan fingerprint density at radius 1 is 1.10 bits per heavy atom. The van der Waals surface area contributed by atoms with Crippen LogP contribution in [0.1, 0.15) is 46.5 Å². The van der Waals surface area contributed by atoms with Crippen molar-refractivity contribution in [3.63, 3.8) is 0 Å². The van der Waals surface area contributed by atoms with Crippen molar-refractivity contribution in [2.45, 2.75) is 94.0 Å². The van der Waals surface area contributed by atoms with Gasteiger partial charge in [0.1, 0.15) is 30.0 Å². The average molecular weight is 449 g/mol. The number of hydrogen-bond acceptors (Lipinski definition) is 10. The fourth-order valence-corrected chi connectivity index (χ4v) is 5.53. The number of hydrogen-bond donors (Lipinski definition) is 7. The summed E-state index contributed by atoms with van der Waals surface area (Å²) in [6, 6.07) is 0. The topological polar surface area (TPSA) is 177 Å². The molecule has 0 unspecified atom stereocenters. The number of fused-ring (bicyclic) bond motifs is 1. The molecule has 3 fully saturated rings. The van der Waals surface area contributed by atoms with Crippen molar-refractivity contribution in [2.24, 2.45) is 17.8 Å². The molecule has 2 saturated carbocycles. The lowest BCUT2D eigenvalue weighted by molar-refractivity contribution is -0.329. The van der Waals surface area contributed by atoms with Crippen molar-refractivity contribution in [3.05, 3.63) is 0 Å². The second-order valence-electron chi connectivity index (χ2n) is 10.1. The first-order valence-corrected chi connectivity index (χ1v) is 10.9. The van der Waals surface area contributed by atoms with Gasteiger partial charge in [0.2, 0.25) is 0 Å². The zero-order chi connectivity index (χ0) is 23.4. The predicted octanol–water partition coefficient (Wildman–Crippen LogP) is -1.94. The molecule has 0 radical (unpaired) electrons. The quantitative estimate of drug-likeness (QED) is 0.250. The van der Waals surface area contributed by atoms with E-state index in [1.165, 1.54) is 6.92 Å². The van der Waals surface area contributed by atoms with Gasteiger partial charge in [-0.1, -0.05) is 0 Å². The summed E-state index contributed by atoms with van der Waals surface area (Å²) in [5.41, 5.74) is -4.15. The van der Waals surface area contributed by atoms with Crippen LogP contribution in [0.2, 0.25) is 0 Å². The molecule has 1 saturated heterocycles. The molecule has 31 heavy (non-hydrogen) atoms. The highest BCUT2D eigenvalue weighted by atomic mass is 16.7. The monoisotopic (exact) mass is 448 g/mol. The first kappa shape index (κ1) is 24.9. The van der Waals surface area contributed by atoms with E-state index in [2.05, 4.69) is 0 Å². The Kier molecular flexibility index (Phi) is 6.91. The molecule has 3 aliphatic rings. The molecule has 10 nitrogen and oxygen atoms in total. The molecule has 0 aromatic heterocycles. The van der Waals surface area contributed by atoms with E-state index in [4.69, 9.17) is 9.47 Å². The van der Waals surface area contributed by atoms with Crippen molar-refractivity contribution in [3.8, 4) is 0 Å². The summed E-state index contributed by atoms with van der Waals surface area (Å²) in [6.07, 6.45) is -6.14. The highest BCUT2D eigenvalue weighted by Gasteiger charge is 2.60. The molecule has 7 N–H and O–H groups in total. The molecule has 180 valence electrons. The number of rotatable bonds is 5. The maximum absolute atomic E-state index is 12.4. The average Bonchev–Trinajstić information content (AvgIpc) is 2.84. The van der Waals surface area contributed by atoms with Gasteiger partial charge in [-0.3, -0.25) is 4.79 Å². The van der Waals surface area contributed by atoms with Crippen molar-refractivity contribution < 1.29 is 50.0 Å². The van der Waals surface area contributed by atoms with Gasteiger partial charge in [-0.15, -0.1) is 0 Å². The highest BCUT2D eigenvalue weighted by molar-refractivity contribution is 5.89. The summed E-state index contributed by atoms with van der Waals surface area (Å²) in [6.45, 7) is 3.81. The molecule has 10 atom stereocenters. The van der Waals surface area contributed by atoms with Gasteiger partial charge >= 0.3 is 0 Å². The maximum atomic E-state index is 12.4. The number of ether oxygens (including phenoxy) is 2. The Labute approximate surface area is 181 Å². The molecule has 0 amide bonds. The van der Waals surface area contributed by atoms with E-state index in [1.807, 2.05) is 0 Å². The lowest BCUT2D eigenvalue weighted by Crippen LogP contribution is -2.61. The Bertz CT molecular complexity index is 665. The second kappa shape index (κ2) is 8.58. The lowest BCUT2D eigenvalue weighted by Gasteiger charge is -2.45. The first-order chi connectivity index (χ1) is 14.3. The zero-order valence-corrected chi connectivity index (χ0v) is 18.2. The van der Waals surface area contributed by atoms with Crippen LogP contribution in [0.15, 0.2) is 0 Å². The fourth-order valence-electron chi connectivity index (χ4n) is 5.53. The summed E-state index contributed by atoms with van der Waals surface area (Å²) in [4.78, 5) is 12.4. The van der Waals surface area contributed by atoms with E-state index < -0.39 is 72.6 Å². The van der Waals surface area contributed by atoms with Gasteiger partial charge in [-0.2, -0.15) is 0 Å².